The average molecular weight is 454 g/mol. The van der Waals surface area contributed by atoms with Gasteiger partial charge in [0.2, 0.25) is 0 Å². The van der Waals surface area contributed by atoms with Crippen molar-refractivity contribution in [3.05, 3.63) is 46.3 Å². The van der Waals surface area contributed by atoms with Crippen LogP contribution in [-0.2, 0) is 14.3 Å². The number of rotatable bonds is 5. The highest BCUT2D eigenvalue weighted by Gasteiger charge is 2.43. The van der Waals surface area contributed by atoms with Crippen molar-refractivity contribution in [3.8, 4) is 11.5 Å². The summed E-state index contributed by atoms with van der Waals surface area (Å²) in [4.78, 5) is 27.0. The van der Waals surface area contributed by atoms with Crippen molar-refractivity contribution in [3.63, 3.8) is 0 Å². The molecule has 1 aliphatic heterocycles. The second kappa shape index (κ2) is 9.24. The number of nitrogens with one attached hydrogen (secondary N) is 1. The number of hydrogen-bond acceptors (Lipinski definition) is 6. The van der Waals surface area contributed by atoms with E-state index in [0.717, 1.165) is 49.1 Å². The van der Waals surface area contributed by atoms with Crippen molar-refractivity contribution in [1.29, 1.82) is 0 Å². The lowest BCUT2D eigenvalue weighted by molar-refractivity contribution is -0.146. The number of carbonyl (C=O) groups is 2. The largest absolute Gasteiger partial charge is 0.493 e. The summed E-state index contributed by atoms with van der Waals surface area (Å²) in [6.07, 6.45) is 6.27. The van der Waals surface area contributed by atoms with Crippen molar-refractivity contribution in [1.82, 2.24) is 5.32 Å². The van der Waals surface area contributed by atoms with Crippen LogP contribution in [0.2, 0.25) is 0 Å². The number of allylic oxidation sites excluding steroid dienone is 3. The van der Waals surface area contributed by atoms with Gasteiger partial charge < -0.3 is 19.5 Å². The molecule has 0 unspecified atom stereocenters. The Balaban J connectivity index is 1.79. The van der Waals surface area contributed by atoms with Gasteiger partial charge in [-0.2, -0.15) is 0 Å². The van der Waals surface area contributed by atoms with Crippen molar-refractivity contribution in [2.24, 2.45) is 5.41 Å². The van der Waals surface area contributed by atoms with Gasteiger partial charge in [-0.15, -0.1) is 0 Å². The van der Waals surface area contributed by atoms with Gasteiger partial charge in [-0.05, 0) is 62.1 Å². The van der Waals surface area contributed by atoms with Gasteiger partial charge in [-0.1, -0.05) is 26.3 Å². The van der Waals surface area contributed by atoms with E-state index in [1.54, 1.807) is 14.2 Å². The van der Waals surface area contributed by atoms with Crippen LogP contribution in [0.25, 0.3) is 0 Å². The lowest BCUT2D eigenvalue weighted by atomic mass is 9.68. The lowest BCUT2D eigenvalue weighted by Crippen LogP contribution is -2.39. The summed E-state index contributed by atoms with van der Waals surface area (Å²) in [6.45, 7) is 6.11. The zero-order valence-corrected chi connectivity index (χ0v) is 20.4. The van der Waals surface area contributed by atoms with Crippen LogP contribution in [0.3, 0.4) is 0 Å². The number of ketones is 1. The first kappa shape index (κ1) is 23.4. The first-order valence-electron chi connectivity index (χ1n) is 11.9. The van der Waals surface area contributed by atoms with Crippen LogP contribution in [0.15, 0.2) is 40.7 Å². The molecule has 4 rings (SSSR count). The number of carbonyl (C=O) groups excluding carboxylic acids is 2. The molecule has 1 atom stereocenters. The van der Waals surface area contributed by atoms with Gasteiger partial charge in [-0.3, -0.25) is 4.79 Å². The Hall–Kier alpha value is -2.76. The van der Waals surface area contributed by atoms with Crippen LogP contribution in [0, 0.1) is 5.41 Å². The Morgan fingerprint density at radius 3 is 2.39 bits per heavy atom. The molecule has 1 saturated carbocycles. The fourth-order valence-corrected chi connectivity index (χ4v) is 5.47. The normalized spacial score (nSPS) is 23.1. The third kappa shape index (κ3) is 4.66. The van der Waals surface area contributed by atoms with Crippen molar-refractivity contribution in [2.45, 2.75) is 77.7 Å². The Morgan fingerprint density at radius 1 is 1.03 bits per heavy atom. The summed E-state index contributed by atoms with van der Waals surface area (Å²) >= 11 is 0. The highest BCUT2D eigenvalue weighted by molar-refractivity contribution is 6.04. The number of benzene rings is 1. The minimum atomic E-state index is -0.499. The third-order valence-electron chi connectivity index (χ3n) is 7.03. The van der Waals surface area contributed by atoms with E-state index in [2.05, 4.69) is 19.2 Å². The van der Waals surface area contributed by atoms with E-state index in [1.165, 1.54) is 6.42 Å². The smallest absolute Gasteiger partial charge is 0.337 e. The molecule has 178 valence electrons. The summed E-state index contributed by atoms with van der Waals surface area (Å²) in [5, 5.41) is 3.41. The number of hydrogen-bond donors (Lipinski definition) is 1. The zero-order valence-electron chi connectivity index (χ0n) is 20.4. The molecule has 6 nitrogen and oxygen atoms in total. The average Bonchev–Trinajstić information content (AvgIpc) is 2.77. The number of methoxy groups -OCH3 is 2. The molecule has 1 aromatic rings. The highest BCUT2D eigenvalue weighted by Crippen LogP contribution is 2.48. The second-order valence-corrected chi connectivity index (χ2v) is 10.2. The van der Waals surface area contributed by atoms with Gasteiger partial charge in [0.05, 0.1) is 19.8 Å². The van der Waals surface area contributed by atoms with Crippen molar-refractivity contribution < 1.29 is 23.8 Å². The van der Waals surface area contributed by atoms with Gasteiger partial charge in [0.25, 0.3) is 0 Å². The van der Waals surface area contributed by atoms with Gasteiger partial charge in [0.1, 0.15) is 6.10 Å². The van der Waals surface area contributed by atoms with E-state index in [4.69, 9.17) is 14.2 Å². The number of Topliss-reactive ketones (excluding diaryl/α,β-unsaturated/α-hetero) is 1. The Kier molecular flexibility index (Phi) is 6.55. The lowest BCUT2D eigenvalue weighted by Gasteiger charge is -2.39. The van der Waals surface area contributed by atoms with Crippen LogP contribution >= 0.6 is 0 Å². The molecule has 2 aliphatic carbocycles. The standard InChI is InChI=1S/C27H35NO5/c1-16-23(26(30)33-18-9-7-6-8-10-18)24(17-11-12-21(31-4)22(13-17)32-5)25-19(28-16)14-27(2,3)15-20(25)29/h11-13,18,24,28H,6-10,14-15H2,1-5H3/t24-/m1/s1. The quantitative estimate of drug-likeness (QED) is 0.619. The number of dihydropyridines is 1. The molecule has 0 spiro atoms. The van der Waals surface area contributed by atoms with Gasteiger partial charge in [0.15, 0.2) is 17.3 Å². The molecular formula is C27H35NO5. The number of esters is 1. The zero-order chi connectivity index (χ0) is 23.8. The first-order chi connectivity index (χ1) is 15.7. The third-order valence-corrected chi connectivity index (χ3v) is 7.03. The SMILES string of the molecule is COc1ccc([C@@H]2C(C(=O)OC3CCCCC3)=C(C)NC3=C2C(=O)CC(C)(C)C3)cc1OC. The molecule has 0 saturated heterocycles. The van der Waals surface area contributed by atoms with Crippen LogP contribution in [-0.4, -0.2) is 32.1 Å². The summed E-state index contributed by atoms with van der Waals surface area (Å²) in [5.41, 5.74) is 3.53. The molecule has 0 radical (unpaired) electrons. The maximum absolute atomic E-state index is 13.5. The predicted octanol–water partition coefficient (Wildman–Crippen LogP) is 5.18. The molecule has 1 fully saturated rings. The Labute approximate surface area is 196 Å². The fraction of sp³-hybridized carbons (Fsp3) is 0.556. The van der Waals surface area contributed by atoms with E-state index < -0.39 is 5.92 Å². The van der Waals surface area contributed by atoms with Crippen LogP contribution < -0.4 is 14.8 Å². The van der Waals surface area contributed by atoms with Crippen molar-refractivity contribution in [2.75, 3.05) is 14.2 Å². The topological polar surface area (TPSA) is 73.9 Å². The fourth-order valence-electron chi connectivity index (χ4n) is 5.47. The van der Waals surface area contributed by atoms with Crippen molar-refractivity contribution >= 4 is 11.8 Å². The summed E-state index contributed by atoms with van der Waals surface area (Å²) in [7, 11) is 3.18. The molecule has 1 aromatic carbocycles. The molecule has 33 heavy (non-hydrogen) atoms. The molecule has 3 aliphatic rings. The molecule has 0 bridgehead atoms. The summed E-state index contributed by atoms with van der Waals surface area (Å²) in [6, 6.07) is 5.61. The molecule has 1 N–H and O–H groups in total. The van der Waals surface area contributed by atoms with E-state index in [0.29, 0.717) is 29.1 Å². The first-order valence-corrected chi connectivity index (χ1v) is 11.9. The van der Waals surface area contributed by atoms with Crippen LogP contribution in [0.5, 0.6) is 11.5 Å². The van der Waals surface area contributed by atoms with Gasteiger partial charge in [0, 0.05) is 29.3 Å². The molecule has 1 heterocycles. The summed E-state index contributed by atoms with van der Waals surface area (Å²) < 4.78 is 16.9. The van der Waals surface area contributed by atoms with Gasteiger partial charge in [-0.25, -0.2) is 4.79 Å². The predicted molar refractivity (Wildman–Crippen MR) is 126 cm³/mol. The minimum absolute atomic E-state index is 0.0611. The van der Waals surface area contributed by atoms with E-state index >= 15 is 0 Å². The molecule has 0 aromatic heterocycles. The van der Waals surface area contributed by atoms with Crippen LogP contribution in [0.1, 0.15) is 77.2 Å². The second-order valence-electron chi connectivity index (χ2n) is 10.2. The molecule has 6 heteroatoms. The molecule has 0 amide bonds. The monoisotopic (exact) mass is 453 g/mol. The Morgan fingerprint density at radius 2 is 1.73 bits per heavy atom. The van der Waals surface area contributed by atoms with Gasteiger partial charge >= 0.3 is 5.97 Å². The maximum atomic E-state index is 13.5. The summed E-state index contributed by atoms with van der Waals surface area (Å²) in [5.74, 6) is 0.407. The van der Waals surface area contributed by atoms with E-state index in [1.807, 2.05) is 25.1 Å². The number of ether oxygens (including phenoxy) is 3. The van der Waals surface area contributed by atoms with E-state index in [-0.39, 0.29) is 23.3 Å². The van der Waals surface area contributed by atoms with E-state index in [9.17, 15) is 9.59 Å². The minimum Gasteiger partial charge on any atom is -0.493 e. The van der Waals surface area contributed by atoms with Crippen LogP contribution in [0.4, 0.5) is 0 Å². The highest BCUT2D eigenvalue weighted by atomic mass is 16.5. The molecular weight excluding hydrogens is 418 g/mol. The Bertz CT molecular complexity index is 1010. The maximum Gasteiger partial charge on any atom is 0.337 e.